The standard InChI is InChI=1S/C26H21N3O3/c1-19-12-14-20(15-13-19)26(31)32-24-11-5-2-8-21(24)18-27-28-25(30)22-9-3-4-10-23(22)29-16-6-7-17-29/h2-18H,1H3,(H,28,30)/b27-18-. The van der Waals surface area contributed by atoms with Crippen molar-refractivity contribution in [1.29, 1.82) is 0 Å². The van der Waals surface area contributed by atoms with Gasteiger partial charge >= 0.3 is 5.97 Å². The van der Waals surface area contributed by atoms with Gasteiger partial charge in [0.1, 0.15) is 5.75 Å². The molecule has 4 aromatic rings. The van der Waals surface area contributed by atoms with E-state index in [2.05, 4.69) is 10.5 Å². The van der Waals surface area contributed by atoms with Crippen LogP contribution in [0.2, 0.25) is 0 Å². The smallest absolute Gasteiger partial charge is 0.343 e. The molecule has 0 fully saturated rings. The van der Waals surface area contributed by atoms with Crippen molar-refractivity contribution in [1.82, 2.24) is 9.99 Å². The number of nitrogens with zero attached hydrogens (tertiary/aromatic N) is 2. The first kappa shape index (κ1) is 20.8. The predicted molar refractivity (Wildman–Crippen MR) is 123 cm³/mol. The first-order chi connectivity index (χ1) is 15.6. The van der Waals surface area contributed by atoms with Gasteiger partial charge in [-0.3, -0.25) is 4.79 Å². The van der Waals surface area contributed by atoms with Crippen LogP contribution in [0.3, 0.4) is 0 Å². The number of ether oxygens (including phenoxy) is 1. The van der Waals surface area contributed by atoms with Crippen LogP contribution in [0.25, 0.3) is 5.69 Å². The number of nitrogens with one attached hydrogen (secondary N) is 1. The normalized spacial score (nSPS) is 10.8. The molecule has 0 atom stereocenters. The highest BCUT2D eigenvalue weighted by Crippen LogP contribution is 2.18. The van der Waals surface area contributed by atoms with Crippen molar-refractivity contribution in [2.24, 2.45) is 5.10 Å². The molecule has 1 heterocycles. The third-order valence-corrected chi connectivity index (χ3v) is 4.81. The average Bonchev–Trinajstić information content (AvgIpc) is 3.35. The number of rotatable bonds is 6. The molecule has 1 N–H and O–H groups in total. The minimum absolute atomic E-state index is 0.348. The molecule has 0 unspecified atom stereocenters. The second-order valence-electron chi connectivity index (χ2n) is 7.10. The minimum Gasteiger partial charge on any atom is -0.422 e. The van der Waals surface area contributed by atoms with Gasteiger partial charge in [-0.2, -0.15) is 5.10 Å². The summed E-state index contributed by atoms with van der Waals surface area (Å²) >= 11 is 0. The fourth-order valence-electron chi connectivity index (χ4n) is 3.14. The molecule has 0 radical (unpaired) electrons. The number of amides is 1. The van der Waals surface area contributed by atoms with Crippen molar-refractivity contribution < 1.29 is 14.3 Å². The summed E-state index contributed by atoms with van der Waals surface area (Å²) in [6, 6.07) is 25.2. The summed E-state index contributed by atoms with van der Waals surface area (Å²) in [6.07, 6.45) is 5.19. The average molecular weight is 423 g/mol. The zero-order valence-electron chi connectivity index (χ0n) is 17.4. The van der Waals surface area contributed by atoms with Crippen molar-refractivity contribution >= 4 is 18.1 Å². The molecule has 0 saturated carbocycles. The highest BCUT2D eigenvalue weighted by Gasteiger charge is 2.12. The maximum absolute atomic E-state index is 12.7. The maximum atomic E-state index is 12.7. The number of benzene rings is 3. The van der Waals surface area contributed by atoms with Crippen molar-refractivity contribution in [3.05, 3.63) is 120 Å². The quantitative estimate of drug-likeness (QED) is 0.210. The molecule has 0 saturated heterocycles. The zero-order chi connectivity index (χ0) is 22.3. The largest absolute Gasteiger partial charge is 0.422 e. The van der Waals surface area contributed by atoms with Gasteiger partial charge in [0.15, 0.2) is 0 Å². The Balaban J connectivity index is 1.48. The van der Waals surface area contributed by atoms with Crippen LogP contribution in [0.15, 0.2) is 102 Å². The van der Waals surface area contributed by atoms with Gasteiger partial charge in [-0.1, -0.05) is 42.0 Å². The van der Waals surface area contributed by atoms with E-state index >= 15 is 0 Å². The van der Waals surface area contributed by atoms with Crippen molar-refractivity contribution in [3.8, 4) is 11.4 Å². The molecule has 1 aromatic heterocycles. The molecular weight excluding hydrogens is 402 g/mol. The summed E-state index contributed by atoms with van der Waals surface area (Å²) in [6.45, 7) is 1.95. The molecule has 3 aromatic carbocycles. The Kier molecular flexibility index (Phi) is 6.22. The molecule has 0 spiro atoms. The molecule has 32 heavy (non-hydrogen) atoms. The number of hydrogen-bond acceptors (Lipinski definition) is 4. The van der Waals surface area contributed by atoms with Gasteiger partial charge in [-0.15, -0.1) is 0 Å². The third-order valence-electron chi connectivity index (χ3n) is 4.81. The van der Waals surface area contributed by atoms with E-state index in [0.717, 1.165) is 11.3 Å². The Hall–Kier alpha value is -4.45. The van der Waals surface area contributed by atoms with Crippen molar-refractivity contribution in [3.63, 3.8) is 0 Å². The fraction of sp³-hybridized carbons (Fsp3) is 0.0385. The maximum Gasteiger partial charge on any atom is 0.343 e. The van der Waals surface area contributed by atoms with Crippen LogP contribution in [0, 0.1) is 6.92 Å². The fourth-order valence-corrected chi connectivity index (χ4v) is 3.14. The molecule has 0 aliphatic rings. The van der Waals surface area contributed by atoms with Crippen LogP contribution in [0.1, 0.15) is 31.8 Å². The van der Waals surface area contributed by atoms with E-state index in [9.17, 15) is 9.59 Å². The second-order valence-corrected chi connectivity index (χ2v) is 7.10. The molecule has 0 bridgehead atoms. The summed E-state index contributed by atoms with van der Waals surface area (Å²) in [5, 5.41) is 4.07. The summed E-state index contributed by atoms with van der Waals surface area (Å²) < 4.78 is 7.40. The van der Waals surface area contributed by atoms with Crippen LogP contribution in [-0.4, -0.2) is 22.7 Å². The van der Waals surface area contributed by atoms with E-state index in [4.69, 9.17) is 4.74 Å². The van der Waals surface area contributed by atoms with E-state index in [1.165, 1.54) is 6.21 Å². The zero-order valence-corrected chi connectivity index (χ0v) is 17.4. The van der Waals surface area contributed by atoms with Crippen LogP contribution < -0.4 is 10.2 Å². The Morgan fingerprint density at radius 3 is 2.34 bits per heavy atom. The first-order valence-corrected chi connectivity index (χ1v) is 10.1. The second kappa shape index (κ2) is 9.57. The van der Waals surface area contributed by atoms with E-state index < -0.39 is 5.97 Å². The van der Waals surface area contributed by atoms with Gasteiger partial charge in [-0.25, -0.2) is 10.2 Å². The highest BCUT2D eigenvalue weighted by atomic mass is 16.5. The third kappa shape index (κ3) is 4.82. The Morgan fingerprint density at radius 2 is 1.56 bits per heavy atom. The molecule has 158 valence electrons. The Labute approximate surface area is 185 Å². The number of carbonyl (C=O) groups is 2. The lowest BCUT2D eigenvalue weighted by atomic mass is 10.1. The van der Waals surface area contributed by atoms with Gasteiger partial charge in [0.25, 0.3) is 5.91 Å². The van der Waals surface area contributed by atoms with Gasteiger partial charge in [-0.05, 0) is 55.5 Å². The lowest BCUT2D eigenvalue weighted by Crippen LogP contribution is -2.19. The molecule has 0 aliphatic heterocycles. The number of para-hydroxylation sites is 2. The molecule has 4 rings (SSSR count). The van der Waals surface area contributed by atoms with Crippen LogP contribution in [0.5, 0.6) is 5.75 Å². The predicted octanol–water partition coefficient (Wildman–Crippen LogP) is 4.77. The summed E-state index contributed by atoms with van der Waals surface area (Å²) in [7, 11) is 0. The lowest BCUT2D eigenvalue weighted by Gasteiger charge is -2.09. The van der Waals surface area contributed by atoms with Crippen molar-refractivity contribution in [2.45, 2.75) is 6.92 Å². The van der Waals surface area contributed by atoms with Gasteiger partial charge in [0.05, 0.1) is 23.0 Å². The van der Waals surface area contributed by atoms with Gasteiger partial charge in [0, 0.05) is 18.0 Å². The number of esters is 1. The summed E-state index contributed by atoms with van der Waals surface area (Å²) in [4.78, 5) is 25.2. The van der Waals surface area contributed by atoms with Crippen LogP contribution in [-0.2, 0) is 0 Å². The van der Waals surface area contributed by atoms with E-state index in [1.54, 1.807) is 48.5 Å². The highest BCUT2D eigenvalue weighted by molar-refractivity contribution is 5.98. The minimum atomic E-state index is -0.462. The number of aromatic nitrogens is 1. The lowest BCUT2D eigenvalue weighted by molar-refractivity contribution is 0.0734. The van der Waals surface area contributed by atoms with E-state index in [0.29, 0.717) is 22.4 Å². The Morgan fingerprint density at radius 1 is 0.875 bits per heavy atom. The first-order valence-electron chi connectivity index (χ1n) is 10.1. The molecule has 1 amide bonds. The van der Waals surface area contributed by atoms with Gasteiger partial charge in [0.2, 0.25) is 0 Å². The van der Waals surface area contributed by atoms with E-state index in [1.807, 2.05) is 60.3 Å². The molecular formula is C26H21N3O3. The molecule has 6 nitrogen and oxygen atoms in total. The number of hydrogen-bond donors (Lipinski definition) is 1. The molecule has 0 aliphatic carbocycles. The van der Waals surface area contributed by atoms with Gasteiger partial charge < -0.3 is 9.30 Å². The summed E-state index contributed by atoms with van der Waals surface area (Å²) in [5.74, 6) is -0.459. The van der Waals surface area contributed by atoms with E-state index in [-0.39, 0.29) is 5.91 Å². The monoisotopic (exact) mass is 423 g/mol. The molecule has 6 heteroatoms. The number of carbonyl (C=O) groups excluding carboxylic acids is 2. The van der Waals surface area contributed by atoms with Crippen LogP contribution in [0.4, 0.5) is 0 Å². The van der Waals surface area contributed by atoms with Crippen LogP contribution >= 0.6 is 0 Å². The number of aryl methyl sites for hydroxylation is 1. The number of hydrazone groups is 1. The van der Waals surface area contributed by atoms with Crippen molar-refractivity contribution in [2.75, 3.05) is 0 Å². The summed E-state index contributed by atoms with van der Waals surface area (Å²) in [5.41, 5.74) is 5.86. The topological polar surface area (TPSA) is 72.7 Å². The SMILES string of the molecule is Cc1ccc(C(=O)Oc2ccccc2/C=N\NC(=O)c2ccccc2-n2cccc2)cc1. The Bertz CT molecular complexity index is 1260.